The molecule has 0 saturated carbocycles. The molecule has 2 N–H and O–H groups in total. The summed E-state index contributed by atoms with van der Waals surface area (Å²) in [6.07, 6.45) is 2.44. The van der Waals surface area contributed by atoms with Crippen molar-refractivity contribution in [2.75, 3.05) is 5.32 Å². The van der Waals surface area contributed by atoms with Crippen LogP contribution in [-0.4, -0.2) is 16.0 Å². The van der Waals surface area contributed by atoms with Crippen LogP contribution in [-0.2, 0) is 16.6 Å². The minimum atomic E-state index is -0.119. The van der Waals surface area contributed by atoms with E-state index in [1.54, 1.807) is 18.3 Å². The van der Waals surface area contributed by atoms with Crippen molar-refractivity contribution in [3.63, 3.8) is 0 Å². The Morgan fingerprint density at radius 2 is 2.04 bits per heavy atom. The number of hydrogen-bond donors (Lipinski definition) is 2. The molecule has 0 radical (unpaired) electrons. The van der Waals surface area contributed by atoms with Gasteiger partial charge in [-0.3, -0.25) is 4.79 Å². The van der Waals surface area contributed by atoms with Crippen molar-refractivity contribution in [3.8, 4) is 5.75 Å². The maximum Gasteiger partial charge on any atom is 0.224 e. The maximum absolute atomic E-state index is 12.3. The Hall–Kier alpha value is -2.82. The number of anilines is 1. The van der Waals surface area contributed by atoms with E-state index >= 15 is 0 Å². The molecule has 0 aliphatic heterocycles. The first-order valence-corrected chi connectivity index (χ1v) is 8.30. The third kappa shape index (κ3) is 3.99. The lowest BCUT2D eigenvalue weighted by atomic mass is 9.94. The quantitative estimate of drug-likeness (QED) is 0.739. The van der Waals surface area contributed by atoms with E-state index in [9.17, 15) is 9.90 Å². The molecule has 5 nitrogen and oxygen atoms in total. The number of amides is 1. The second kappa shape index (κ2) is 6.59. The minimum Gasteiger partial charge on any atom is -0.508 e. The first-order valence-electron chi connectivity index (χ1n) is 8.30. The van der Waals surface area contributed by atoms with Crippen molar-refractivity contribution in [3.05, 3.63) is 54.2 Å². The van der Waals surface area contributed by atoms with Gasteiger partial charge in [0.1, 0.15) is 11.5 Å². The molecule has 1 heterocycles. The highest BCUT2D eigenvalue weighted by molar-refractivity contribution is 6.02. The van der Waals surface area contributed by atoms with Crippen molar-refractivity contribution in [1.82, 2.24) is 4.98 Å². The van der Waals surface area contributed by atoms with Gasteiger partial charge in [-0.25, -0.2) is 4.98 Å². The van der Waals surface area contributed by atoms with Crippen LogP contribution in [0.15, 0.2) is 47.0 Å². The van der Waals surface area contributed by atoms with E-state index < -0.39 is 0 Å². The Bertz CT molecular complexity index is 907. The van der Waals surface area contributed by atoms with Crippen LogP contribution < -0.4 is 5.32 Å². The fourth-order valence-corrected chi connectivity index (χ4v) is 2.58. The molecule has 3 rings (SSSR count). The first-order chi connectivity index (χ1) is 11.8. The molecule has 2 aromatic carbocycles. The van der Waals surface area contributed by atoms with Gasteiger partial charge in [-0.1, -0.05) is 39.0 Å². The number of aromatic hydroxyl groups is 1. The summed E-state index contributed by atoms with van der Waals surface area (Å²) in [5, 5.41) is 14.3. The molecular weight excluding hydrogens is 316 g/mol. The van der Waals surface area contributed by atoms with E-state index in [-0.39, 0.29) is 23.5 Å². The van der Waals surface area contributed by atoms with E-state index in [2.05, 4.69) is 31.1 Å². The van der Waals surface area contributed by atoms with Crippen LogP contribution in [0.1, 0.15) is 38.8 Å². The Morgan fingerprint density at radius 3 is 2.76 bits per heavy atom. The lowest BCUT2D eigenvalue weighted by Crippen LogP contribution is -2.12. The van der Waals surface area contributed by atoms with Gasteiger partial charge in [-0.05, 0) is 23.6 Å². The molecule has 0 fully saturated rings. The average Bonchev–Trinajstić information content (AvgIpc) is 3.03. The zero-order chi connectivity index (χ0) is 18.0. The summed E-state index contributed by atoms with van der Waals surface area (Å²) in [7, 11) is 0. The standard InChI is InChI=1S/C20H22N2O3/c1-20(2,3)17-12-21-19(25-17)10-9-18(24)22-16-6-4-5-13-7-8-14(23)11-15(13)16/h4-8,11-12,23H,9-10H2,1-3H3,(H,22,24). The second-order valence-corrected chi connectivity index (χ2v) is 7.13. The number of fused-ring (bicyclic) bond motifs is 1. The smallest absolute Gasteiger partial charge is 0.224 e. The van der Waals surface area contributed by atoms with Crippen molar-refractivity contribution < 1.29 is 14.3 Å². The number of carbonyl (C=O) groups is 1. The van der Waals surface area contributed by atoms with Crippen LogP contribution >= 0.6 is 0 Å². The lowest BCUT2D eigenvalue weighted by Gasteiger charge is -2.13. The zero-order valence-electron chi connectivity index (χ0n) is 14.7. The van der Waals surface area contributed by atoms with Crippen LogP contribution in [0.4, 0.5) is 5.69 Å². The van der Waals surface area contributed by atoms with E-state index in [1.807, 2.05) is 24.3 Å². The number of rotatable bonds is 4. The van der Waals surface area contributed by atoms with Gasteiger partial charge in [-0.15, -0.1) is 0 Å². The average molecular weight is 338 g/mol. The molecule has 1 aromatic heterocycles. The summed E-state index contributed by atoms with van der Waals surface area (Å²) in [5.74, 6) is 1.43. The van der Waals surface area contributed by atoms with Gasteiger partial charge in [0.05, 0.1) is 6.20 Å². The molecule has 0 aliphatic carbocycles. The monoisotopic (exact) mass is 338 g/mol. The molecule has 5 heteroatoms. The first kappa shape index (κ1) is 17.0. The fourth-order valence-electron chi connectivity index (χ4n) is 2.58. The van der Waals surface area contributed by atoms with Crippen molar-refractivity contribution >= 4 is 22.4 Å². The zero-order valence-corrected chi connectivity index (χ0v) is 14.7. The highest BCUT2D eigenvalue weighted by Crippen LogP contribution is 2.27. The normalized spacial score (nSPS) is 11.6. The molecular formula is C20H22N2O3. The molecule has 0 aliphatic rings. The minimum absolute atomic E-state index is 0.0987. The molecule has 0 bridgehead atoms. The molecule has 0 saturated heterocycles. The largest absolute Gasteiger partial charge is 0.508 e. The van der Waals surface area contributed by atoms with E-state index in [0.717, 1.165) is 16.5 Å². The van der Waals surface area contributed by atoms with Gasteiger partial charge in [0.2, 0.25) is 5.91 Å². The lowest BCUT2D eigenvalue weighted by molar-refractivity contribution is -0.116. The van der Waals surface area contributed by atoms with E-state index in [1.165, 1.54) is 0 Å². The summed E-state index contributed by atoms with van der Waals surface area (Å²) in [4.78, 5) is 16.5. The Balaban J connectivity index is 1.67. The number of aryl methyl sites for hydroxylation is 1. The van der Waals surface area contributed by atoms with E-state index in [0.29, 0.717) is 18.0 Å². The molecule has 0 atom stereocenters. The SMILES string of the molecule is CC(C)(C)c1cnc(CCC(=O)Nc2cccc3ccc(O)cc23)o1. The number of oxazole rings is 1. The Kier molecular flexibility index (Phi) is 4.49. The summed E-state index contributed by atoms with van der Waals surface area (Å²) in [6, 6.07) is 10.7. The van der Waals surface area contributed by atoms with Crippen LogP contribution in [0, 0.1) is 0 Å². The van der Waals surface area contributed by atoms with Crippen LogP contribution in [0.2, 0.25) is 0 Å². The molecule has 1 amide bonds. The molecule has 130 valence electrons. The number of benzene rings is 2. The van der Waals surface area contributed by atoms with Gasteiger partial charge in [0.15, 0.2) is 5.89 Å². The van der Waals surface area contributed by atoms with Crippen LogP contribution in [0.25, 0.3) is 10.8 Å². The third-order valence-electron chi connectivity index (χ3n) is 4.00. The summed E-state index contributed by atoms with van der Waals surface area (Å²) >= 11 is 0. The summed E-state index contributed by atoms with van der Waals surface area (Å²) < 4.78 is 5.71. The van der Waals surface area contributed by atoms with Gasteiger partial charge in [-0.2, -0.15) is 0 Å². The number of aromatic nitrogens is 1. The maximum atomic E-state index is 12.3. The van der Waals surface area contributed by atoms with Gasteiger partial charge < -0.3 is 14.8 Å². The third-order valence-corrected chi connectivity index (χ3v) is 4.00. The van der Waals surface area contributed by atoms with Crippen molar-refractivity contribution in [2.45, 2.75) is 39.0 Å². The summed E-state index contributed by atoms with van der Waals surface area (Å²) in [6.45, 7) is 6.17. The van der Waals surface area contributed by atoms with Gasteiger partial charge >= 0.3 is 0 Å². The predicted octanol–water partition coefficient (Wildman–Crippen LogP) is 4.40. The van der Waals surface area contributed by atoms with Crippen molar-refractivity contribution in [2.24, 2.45) is 0 Å². The predicted molar refractivity (Wildman–Crippen MR) is 97.8 cm³/mol. The number of nitrogens with one attached hydrogen (secondary N) is 1. The molecule has 3 aromatic rings. The highest BCUT2D eigenvalue weighted by atomic mass is 16.4. The number of phenols is 1. The van der Waals surface area contributed by atoms with Crippen LogP contribution in [0.3, 0.4) is 0 Å². The highest BCUT2D eigenvalue weighted by Gasteiger charge is 2.19. The Labute approximate surface area is 146 Å². The van der Waals surface area contributed by atoms with E-state index in [4.69, 9.17) is 4.42 Å². The fraction of sp³-hybridized carbons (Fsp3) is 0.300. The van der Waals surface area contributed by atoms with Gasteiger partial charge in [0, 0.05) is 29.3 Å². The molecule has 0 spiro atoms. The topological polar surface area (TPSA) is 75.4 Å². The van der Waals surface area contributed by atoms with Crippen LogP contribution in [0.5, 0.6) is 5.75 Å². The van der Waals surface area contributed by atoms with Gasteiger partial charge in [0.25, 0.3) is 0 Å². The number of hydrogen-bond acceptors (Lipinski definition) is 4. The second-order valence-electron chi connectivity index (χ2n) is 7.13. The summed E-state index contributed by atoms with van der Waals surface area (Å²) in [5.41, 5.74) is 0.583. The number of nitrogens with zero attached hydrogens (tertiary/aromatic N) is 1. The number of phenolic OH excluding ortho intramolecular Hbond substituents is 1. The molecule has 0 unspecified atom stereocenters. The Morgan fingerprint density at radius 1 is 1.24 bits per heavy atom. The molecule has 25 heavy (non-hydrogen) atoms. The number of carbonyl (C=O) groups excluding carboxylic acids is 1. The van der Waals surface area contributed by atoms with Crippen molar-refractivity contribution in [1.29, 1.82) is 0 Å².